The molecule has 0 saturated carbocycles. The van der Waals surface area contributed by atoms with E-state index in [1.807, 2.05) is 0 Å². The molecule has 0 radical (unpaired) electrons. The van der Waals surface area contributed by atoms with Gasteiger partial charge in [-0.3, -0.25) is 4.90 Å². The quantitative estimate of drug-likeness (QED) is 0.696. The number of aliphatic hydroxyl groups excluding tert-OH is 1. The Kier molecular flexibility index (Phi) is 7.66. The molecule has 0 aliphatic carbocycles. The maximum absolute atomic E-state index is 9.12. The average Bonchev–Trinajstić information content (AvgIpc) is 2.37. The molecular formula is C16H32N2O. The number of hydrogen-bond donors (Lipinski definition) is 2. The number of nitrogens with zero attached hydrogens (tertiary/aromatic N) is 1. The van der Waals surface area contributed by atoms with Gasteiger partial charge in [-0.25, -0.2) is 0 Å². The van der Waals surface area contributed by atoms with Crippen LogP contribution in [0.3, 0.4) is 0 Å². The lowest BCUT2D eigenvalue weighted by molar-refractivity contribution is 0.182. The number of rotatable bonds is 7. The molecule has 0 aromatic heterocycles. The van der Waals surface area contributed by atoms with Crippen LogP contribution in [0, 0.1) is 5.92 Å². The van der Waals surface area contributed by atoms with Crippen molar-refractivity contribution in [2.75, 3.05) is 26.2 Å². The Labute approximate surface area is 119 Å². The first-order valence-electron chi connectivity index (χ1n) is 7.75. The van der Waals surface area contributed by atoms with E-state index in [0.717, 1.165) is 13.0 Å². The van der Waals surface area contributed by atoms with Gasteiger partial charge in [-0.15, -0.1) is 0 Å². The Morgan fingerprint density at radius 1 is 1.32 bits per heavy atom. The second kappa shape index (κ2) is 8.72. The molecule has 1 aliphatic heterocycles. The summed E-state index contributed by atoms with van der Waals surface area (Å²) in [7, 11) is 0. The Bertz CT molecular complexity index is 264. The summed E-state index contributed by atoms with van der Waals surface area (Å²) in [6.07, 6.45) is 5.64. The van der Waals surface area contributed by atoms with E-state index >= 15 is 0 Å². The van der Waals surface area contributed by atoms with Crippen LogP contribution in [0.1, 0.15) is 47.0 Å². The Morgan fingerprint density at radius 3 is 2.42 bits per heavy atom. The van der Waals surface area contributed by atoms with Gasteiger partial charge in [0, 0.05) is 25.2 Å². The second-order valence-corrected chi connectivity index (χ2v) is 6.39. The highest BCUT2D eigenvalue weighted by Crippen LogP contribution is 2.14. The largest absolute Gasteiger partial charge is 0.396 e. The molecule has 0 spiro atoms. The van der Waals surface area contributed by atoms with Gasteiger partial charge in [-0.1, -0.05) is 25.5 Å². The predicted octanol–water partition coefficient (Wildman–Crippen LogP) is 2.41. The third kappa shape index (κ3) is 6.55. The fraction of sp³-hybridized carbons (Fsp3) is 0.875. The molecule has 2 N–H and O–H groups in total. The molecule has 1 heterocycles. The monoisotopic (exact) mass is 268 g/mol. The molecule has 0 aromatic rings. The third-order valence-electron chi connectivity index (χ3n) is 4.04. The number of hydrogen-bond acceptors (Lipinski definition) is 3. The van der Waals surface area contributed by atoms with E-state index in [0.29, 0.717) is 18.0 Å². The minimum absolute atomic E-state index is 0.287. The van der Waals surface area contributed by atoms with Crippen molar-refractivity contribution < 1.29 is 5.11 Å². The third-order valence-corrected chi connectivity index (χ3v) is 4.04. The summed E-state index contributed by atoms with van der Waals surface area (Å²) in [5.74, 6) is 0.593. The molecule has 0 amide bonds. The zero-order valence-corrected chi connectivity index (χ0v) is 13.2. The fourth-order valence-electron chi connectivity index (χ4n) is 2.64. The number of piperidine rings is 1. The van der Waals surface area contributed by atoms with Gasteiger partial charge in [0.05, 0.1) is 0 Å². The molecule has 1 saturated heterocycles. The molecule has 1 atom stereocenters. The molecule has 1 aliphatic rings. The van der Waals surface area contributed by atoms with Crippen LogP contribution in [0.15, 0.2) is 11.6 Å². The molecule has 3 nitrogen and oxygen atoms in total. The van der Waals surface area contributed by atoms with Crippen LogP contribution >= 0.6 is 0 Å². The van der Waals surface area contributed by atoms with Crippen LogP contribution < -0.4 is 5.32 Å². The zero-order valence-electron chi connectivity index (χ0n) is 13.2. The first-order chi connectivity index (χ1) is 9.02. The molecule has 1 fully saturated rings. The van der Waals surface area contributed by atoms with Crippen LogP contribution in [0.5, 0.6) is 0 Å². The smallest absolute Gasteiger partial charge is 0.0445 e. The molecule has 1 rings (SSSR count). The first-order valence-corrected chi connectivity index (χ1v) is 7.75. The molecular weight excluding hydrogens is 236 g/mol. The standard InChI is InChI=1S/C16H32N2O/c1-13(2)5-9-18-10-6-15(7-11-18)17-16(8-12-19)14(3)4/h5,14-17,19H,6-12H2,1-4H3. The van der Waals surface area contributed by atoms with Crippen molar-refractivity contribution in [1.29, 1.82) is 0 Å². The Morgan fingerprint density at radius 2 is 1.95 bits per heavy atom. The van der Waals surface area contributed by atoms with E-state index in [4.69, 9.17) is 5.11 Å². The van der Waals surface area contributed by atoms with Crippen molar-refractivity contribution in [2.45, 2.75) is 59.0 Å². The summed E-state index contributed by atoms with van der Waals surface area (Å²) in [6, 6.07) is 1.08. The summed E-state index contributed by atoms with van der Waals surface area (Å²) in [5.41, 5.74) is 1.41. The van der Waals surface area contributed by atoms with Crippen molar-refractivity contribution in [3.8, 4) is 0 Å². The van der Waals surface area contributed by atoms with E-state index in [1.165, 1.54) is 31.5 Å². The predicted molar refractivity (Wildman–Crippen MR) is 82.4 cm³/mol. The molecule has 112 valence electrons. The van der Waals surface area contributed by atoms with Gasteiger partial charge in [0.1, 0.15) is 0 Å². The summed E-state index contributed by atoms with van der Waals surface area (Å²) in [5, 5.41) is 12.9. The Balaban J connectivity index is 2.30. The maximum Gasteiger partial charge on any atom is 0.0445 e. The number of nitrogens with one attached hydrogen (secondary N) is 1. The zero-order chi connectivity index (χ0) is 14.3. The van der Waals surface area contributed by atoms with E-state index < -0.39 is 0 Å². The van der Waals surface area contributed by atoms with Crippen molar-refractivity contribution in [2.24, 2.45) is 5.92 Å². The van der Waals surface area contributed by atoms with Gasteiger partial charge >= 0.3 is 0 Å². The Hall–Kier alpha value is -0.380. The van der Waals surface area contributed by atoms with Gasteiger partial charge < -0.3 is 10.4 Å². The van der Waals surface area contributed by atoms with Crippen LogP contribution in [-0.4, -0.2) is 48.3 Å². The minimum Gasteiger partial charge on any atom is -0.396 e. The second-order valence-electron chi connectivity index (χ2n) is 6.39. The van der Waals surface area contributed by atoms with Gasteiger partial charge in [0.2, 0.25) is 0 Å². The highest BCUT2D eigenvalue weighted by Gasteiger charge is 2.22. The number of aliphatic hydroxyl groups is 1. The number of allylic oxidation sites excluding steroid dienone is 1. The summed E-state index contributed by atoms with van der Waals surface area (Å²) in [4.78, 5) is 2.53. The van der Waals surface area contributed by atoms with Crippen molar-refractivity contribution in [3.05, 3.63) is 11.6 Å². The molecule has 0 bridgehead atoms. The van der Waals surface area contributed by atoms with Crippen LogP contribution in [0.2, 0.25) is 0 Å². The molecule has 19 heavy (non-hydrogen) atoms. The van der Waals surface area contributed by atoms with Gasteiger partial charge in [-0.05, 0) is 52.1 Å². The van der Waals surface area contributed by atoms with Crippen LogP contribution in [0.4, 0.5) is 0 Å². The van der Waals surface area contributed by atoms with Crippen molar-refractivity contribution in [3.63, 3.8) is 0 Å². The molecule has 1 unspecified atom stereocenters. The summed E-state index contributed by atoms with van der Waals surface area (Å²) >= 11 is 0. The van der Waals surface area contributed by atoms with E-state index in [2.05, 4.69) is 44.0 Å². The molecule has 0 aromatic carbocycles. The SMILES string of the molecule is CC(C)=CCN1CCC(NC(CCO)C(C)C)CC1. The maximum atomic E-state index is 9.12. The van der Waals surface area contributed by atoms with Gasteiger partial charge in [0.15, 0.2) is 0 Å². The first kappa shape index (κ1) is 16.7. The lowest BCUT2D eigenvalue weighted by Gasteiger charge is -2.35. The van der Waals surface area contributed by atoms with Crippen molar-refractivity contribution >= 4 is 0 Å². The topological polar surface area (TPSA) is 35.5 Å². The summed E-state index contributed by atoms with van der Waals surface area (Å²) in [6.45, 7) is 12.5. The van der Waals surface area contributed by atoms with Crippen LogP contribution in [0.25, 0.3) is 0 Å². The van der Waals surface area contributed by atoms with E-state index in [1.54, 1.807) is 0 Å². The van der Waals surface area contributed by atoms with Gasteiger partial charge in [0.25, 0.3) is 0 Å². The van der Waals surface area contributed by atoms with Crippen LogP contribution in [-0.2, 0) is 0 Å². The lowest BCUT2D eigenvalue weighted by atomic mass is 9.97. The fourth-order valence-corrected chi connectivity index (χ4v) is 2.64. The summed E-state index contributed by atoms with van der Waals surface area (Å²) < 4.78 is 0. The highest BCUT2D eigenvalue weighted by atomic mass is 16.3. The average molecular weight is 268 g/mol. The van der Waals surface area contributed by atoms with Gasteiger partial charge in [-0.2, -0.15) is 0 Å². The normalized spacial score (nSPS) is 19.7. The lowest BCUT2D eigenvalue weighted by Crippen LogP contribution is -2.48. The van der Waals surface area contributed by atoms with E-state index in [-0.39, 0.29) is 6.61 Å². The number of likely N-dealkylation sites (tertiary alicyclic amines) is 1. The van der Waals surface area contributed by atoms with Crippen molar-refractivity contribution in [1.82, 2.24) is 10.2 Å². The minimum atomic E-state index is 0.287. The van der Waals surface area contributed by atoms with E-state index in [9.17, 15) is 0 Å². The highest BCUT2D eigenvalue weighted by molar-refractivity contribution is 4.95. The molecule has 3 heteroatoms.